The number of anilines is 2. The second-order valence-electron chi connectivity index (χ2n) is 11.3. The Hall–Kier alpha value is -4.73. The van der Waals surface area contributed by atoms with Gasteiger partial charge in [0.2, 0.25) is 0 Å². The van der Waals surface area contributed by atoms with Crippen LogP contribution in [0.1, 0.15) is 6.42 Å². The van der Waals surface area contributed by atoms with E-state index < -0.39 is 0 Å². The maximum atomic E-state index is 6.63. The summed E-state index contributed by atoms with van der Waals surface area (Å²) in [6.07, 6.45) is 6.92. The maximum absolute atomic E-state index is 6.63. The van der Waals surface area contributed by atoms with Gasteiger partial charge < -0.3 is 15.0 Å². The summed E-state index contributed by atoms with van der Waals surface area (Å²) >= 11 is 0. The SMILES string of the molecule is c1cc2c(cc1-c1ccc3[nH]ncc3c1)Oc1cc(-c3ccc4[nH]ncc4c3)cnc1N2CCN1C[C@@H]2C[C@H]1CN2. The van der Waals surface area contributed by atoms with Crippen LogP contribution in [0.2, 0.25) is 0 Å². The number of H-pyrrole nitrogens is 2. The van der Waals surface area contributed by atoms with E-state index in [0.29, 0.717) is 12.1 Å². The van der Waals surface area contributed by atoms with Gasteiger partial charge in [0.15, 0.2) is 17.3 Å². The van der Waals surface area contributed by atoms with Gasteiger partial charge in [0.25, 0.3) is 0 Å². The van der Waals surface area contributed by atoms with Crippen molar-refractivity contribution < 1.29 is 4.74 Å². The second kappa shape index (κ2) is 8.89. The summed E-state index contributed by atoms with van der Waals surface area (Å²) in [5, 5.41) is 20.2. The molecule has 0 aliphatic carbocycles. The molecule has 202 valence electrons. The number of hydrogen-bond acceptors (Lipinski definition) is 7. The number of benzene rings is 3. The van der Waals surface area contributed by atoms with Crippen LogP contribution in [0.5, 0.6) is 11.5 Å². The predicted molar refractivity (Wildman–Crippen MR) is 160 cm³/mol. The van der Waals surface area contributed by atoms with Gasteiger partial charge in [-0.15, -0.1) is 0 Å². The summed E-state index contributed by atoms with van der Waals surface area (Å²) in [5.74, 6) is 2.48. The molecule has 3 aliphatic rings. The van der Waals surface area contributed by atoms with Crippen molar-refractivity contribution in [3.8, 4) is 33.8 Å². The van der Waals surface area contributed by atoms with Crippen LogP contribution < -0.4 is 15.0 Å². The van der Waals surface area contributed by atoms with E-state index in [2.05, 4.69) is 96.2 Å². The van der Waals surface area contributed by atoms with Crippen molar-refractivity contribution >= 4 is 33.3 Å². The highest BCUT2D eigenvalue weighted by atomic mass is 16.5. The molecule has 3 aromatic carbocycles. The van der Waals surface area contributed by atoms with Crippen molar-refractivity contribution in [1.29, 1.82) is 0 Å². The Morgan fingerprint density at radius 2 is 1.46 bits per heavy atom. The standard InChI is InChI=1S/C32H28N8O/c1-4-27-23(15-35-37-27)9-19(1)21-3-6-29-30(11-21)41-31-12-22(20-2-5-28-24(10-20)16-36-38-28)14-34-32(31)40(29)8-7-39-18-25-13-26(39)17-33-25/h1-6,9-12,14-16,25-26,33H,7-8,13,17-18H2,(H,35,37)(H,36,38)/t25-,26-/m0/s1. The Morgan fingerprint density at radius 3 is 2.20 bits per heavy atom. The molecule has 2 atom stereocenters. The Morgan fingerprint density at radius 1 is 0.756 bits per heavy atom. The van der Waals surface area contributed by atoms with Crippen molar-refractivity contribution in [2.24, 2.45) is 0 Å². The van der Waals surface area contributed by atoms with E-state index >= 15 is 0 Å². The number of nitrogens with zero attached hydrogens (tertiary/aromatic N) is 5. The lowest BCUT2D eigenvalue weighted by Crippen LogP contribution is -2.46. The first-order valence-electron chi connectivity index (χ1n) is 14.2. The predicted octanol–water partition coefficient (Wildman–Crippen LogP) is 5.46. The summed E-state index contributed by atoms with van der Waals surface area (Å²) < 4.78 is 6.63. The number of aromatic amines is 2. The molecule has 0 radical (unpaired) electrons. The average molecular weight is 541 g/mol. The van der Waals surface area contributed by atoms with Gasteiger partial charge in [-0.05, 0) is 65.6 Å². The first kappa shape index (κ1) is 23.0. The van der Waals surface area contributed by atoms with Gasteiger partial charge in [-0.2, -0.15) is 10.2 Å². The highest BCUT2D eigenvalue weighted by Gasteiger charge is 2.38. The highest BCUT2D eigenvalue weighted by molar-refractivity contribution is 5.87. The zero-order valence-corrected chi connectivity index (χ0v) is 22.3. The lowest BCUT2D eigenvalue weighted by atomic mass is 10.0. The van der Waals surface area contributed by atoms with Gasteiger partial charge in [0.1, 0.15) is 0 Å². The molecule has 9 heteroatoms. The van der Waals surface area contributed by atoms with Crippen LogP contribution in [-0.2, 0) is 0 Å². The van der Waals surface area contributed by atoms with Crippen molar-refractivity contribution in [3.05, 3.63) is 79.3 Å². The molecular weight excluding hydrogens is 512 g/mol. The molecule has 6 heterocycles. The first-order chi connectivity index (χ1) is 20.2. The van der Waals surface area contributed by atoms with Crippen LogP contribution in [0.15, 0.2) is 79.3 Å². The van der Waals surface area contributed by atoms with Crippen molar-refractivity contribution in [2.45, 2.75) is 18.5 Å². The number of aromatic nitrogens is 5. The fourth-order valence-electron chi connectivity index (χ4n) is 6.72. The van der Waals surface area contributed by atoms with E-state index in [-0.39, 0.29) is 0 Å². The zero-order chi connectivity index (χ0) is 26.9. The largest absolute Gasteiger partial charge is 0.451 e. The number of nitrogens with one attached hydrogen (secondary N) is 3. The second-order valence-corrected chi connectivity index (χ2v) is 11.3. The molecule has 6 aromatic rings. The minimum Gasteiger partial charge on any atom is -0.451 e. The number of ether oxygens (including phenoxy) is 1. The third-order valence-corrected chi connectivity index (χ3v) is 8.89. The third kappa shape index (κ3) is 3.81. The van der Waals surface area contributed by atoms with Gasteiger partial charge in [-0.1, -0.05) is 18.2 Å². The van der Waals surface area contributed by atoms with Crippen LogP contribution in [0.4, 0.5) is 11.5 Å². The summed E-state index contributed by atoms with van der Waals surface area (Å²) in [7, 11) is 0. The van der Waals surface area contributed by atoms with Crippen LogP contribution in [0.25, 0.3) is 44.1 Å². The molecule has 9 rings (SSSR count). The molecule has 3 aliphatic heterocycles. The molecule has 3 N–H and O–H groups in total. The molecule has 0 unspecified atom stereocenters. The Bertz CT molecular complexity index is 1820. The fraction of sp³-hybridized carbons (Fsp3) is 0.219. The molecule has 2 bridgehead atoms. The quantitative estimate of drug-likeness (QED) is 0.267. The van der Waals surface area contributed by atoms with Crippen LogP contribution >= 0.6 is 0 Å². The molecule has 2 saturated heterocycles. The maximum Gasteiger partial charge on any atom is 0.176 e. The molecular formula is C32H28N8O. The number of rotatable bonds is 5. The monoisotopic (exact) mass is 540 g/mol. The number of pyridine rings is 1. The fourth-order valence-corrected chi connectivity index (χ4v) is 6.72. The van der Waals surface area contributed by atoms with Gasteiger partial charge >= 0.3 is 0 Å². The van der Waals surface area contributed by atoms with Crippen molar-refractivity contribution in [3.63, 3.8) is 0 Å². The lowest BCUT2D eigenvalue weighted by molar-refractivity contribution is 0.231. The van der Waals surface area contributed by atoms with Gasteiger partial charge in [-0.3, -0.25) is 15.1 Å². The van der Waals surface area contributed by atoms with E-state index in [1.54, 1.807) is 0 Å². The van der Waals surface area contributed by atoms with E-state index in [1.165, 1.54) is 6.42 Å². The smallest absolute Gasteiger partial charge is 0.176 e. The molecule has 0 amide bonds. The van der Waals surface area contributed by atoms with Crippen LogP contribution in [-0.4, -0.2) is 68.5 Å². The minimum absolute atomic E-state index is 0.632. The number of fused-ring (bicyclic) bond motifs is 6. The molecule has 0 saturated carbocycles. The molecule has 2 fully saturated rings. The van der Waals surface area contributed by atoms with Crippen LogP contribution in [0.3, 0.4) is 0 Å². The topological polar surface area (TPSA) is 98.0 Å². The highest BCUT2D eigenvalue weighted by Crippen LogP contribution is 2.48. The summed E-state index contributed by atoms with van der Waals surface area (Å²) in [5.41, 5.74) is 7.42. The Labute approximate surface area is 236 Å². The van der Waals surface area contributed by atoms with Crippen molar-refractivity contribution in [2.75, 3.05) is 31.1 Å². The van der Waals surface area contributed by atoms with E-state index in [9.17, 15) is 0 Å². The molecule has 41 heavy (non-hydrogen) atoms. The van der Waals surface area contributed by atoms with E-state index in [4.69, 9.17) is 9.72 Å². The van der Waals surface area contributed by atoms with E-state index in [0.717, 1.165) is 93.2 Å². The number of likely N-dealkylation sites (tertiary alicyclic amines) is 1. The summed E-state index contributed by atoms with van der Waals surface area (Å²) in [6, 6.07) is 22.5. The lowest BCUT2D eigenvalue weighted by Gasteiger charge is -2.35. The van der Waals surface area contributed by atoms with E-state index in [1.807, 2.05) is 18.6 Å². The molecule has 9 nitrogen and oxygen atoms in total. The first-order valence-corrected chi connectivity index (χ1v) is 14.2. The Balaban J connectivity index is 1.10. The average Bonchev–Trinajstić information content (AvgIpc) is 3.83. The number of piperazine rings is 1. The van der Waals surface area contributed by atoms with Gasteiger partial charge in [0.05, 0.1) is 29.1 Å². The molecule has 0 spiro atoms. The number of hydrogen-bond donors (Lipinski definition) is 3. The summed E-state index contributed by atoms with van der Waals surface area (Å²) in [6.45, 7) is 4.04. The normalized spacial score (nSPS) is 19.6. The van der Waals surface area contributed by atoms with Crippen LogP contribution in [0, 0.1) is 0 Å². The van der Waals surface area contributed by atoms with Gasteiger partial charge in [0, 0.05) is 60.8 Å². The van der Waals surface area contributed by atoms with Crippen molar-refractivity contribution in [1.82, 2.24) is 35.6 Å². The zero-order valence-electron chi connectivity index (χ0n) is 22.3. The Kier molecular flexibility index (Phi) is 4.99. The summed E-state index contributed by atoms with van der Waals surface area (Å²) in [4.78, 5) is 9.94. The minimum atomic E-state index is 0.632. The molecule has 3 aromatic heterocycles. The third-order valence-electron chi connectivity index (χ3n) is 8.89. The van der Waals surface area contributed by atoms with Gasteiger partial charge in [-0.25, -0.2) is 4.98 Å².